The molecular formula is C31H31N3O2. The Labute approximate surface area is 212 Å². The third kappa shape index (κ3) is 5.15. The van der Waals surface area contributed by atoms with Crippen molar-refractivity contribution in [2.45, 2.75) is 32.9 Å². The minimum atomic E-state index is -0.0951. The number of fused-ring (bicyclic) bond motifs is 1. The second-order valence-corrected chi connectivity index (χ2v) is 9.58. The third-order valence-electron chi connectivity index (χ3n) is 7.18. The van der Waals surface area contributed by atoms with Crippen LogP contribution in [-0.2, 0) is 17.9 Å². The monoisotopic (exact) mass is 477 g/mol. The molecule has 36 heavy (non-hydrogen) atoms. The van der Waals surface area contributed by atoms with Crippen LogP contribution in [0.2, 0.25) is 0 Å². The Kier molecular flexibility index (Phi) is 7.08. The molecule has 182 valence electrons. The summed E-state index contributed by atoms with van der Waals surface area (Å²) in [5.74, 6) is 0.103. The predicted molar refractivity (Wildman–Crippen MR) is 142 cm³/mol. The van der Waals surface area contributed by atoms with E-state index in [9.17, 15) is 9.59 Å². The highest BCUT2D eigenvalue weighted by molar-refractivity contribution is 6.07. The smallest absolute Gasteiger partial charge is 0.254 e. The van der Waals surface area contributed by atoms with Crippen molar-refractivity contribution in [2.24, 2.45) is 5.92 Å². The largest absolute Gasteiger partial charge is 0.339 e. The Morgan fingerprint density at radius 2 is 1.64 bits per heavy atom. The molecule has 0 radical (unpaired) electrons. The van der Waals surface area contributed by atoms with Gasteiger partial charge in [-0.25, -0.2) is 0 Å². The Morgan fingerprint density at radius 1 is 0.889 bits per heavy atom. The Hall–Kier alpha value is -3.99. The number of aromatic nitrogens is 1. The number of hydrogen-bond donors (Lipinski definition) is 0. The van der Waals surface area contributed by atoms with E-state index in [1.165, 1.54) is 5.56 Å². The van der Waals surface area contributed by atoms with Crippen molar-refractivity contribution in [3.8, 4) is 0 Å². The van der Waals surface area contributed by atoms with Gasteiger partial charge in [-0.15, -0.1) is 0 Å². The van der Waals surface area contributed by atoms with E-state index in [1.807, 2.05) is 82.7 Å². The van der Waals surface area contributed by atoms with Crippen LogP contribution >= 0.6 is 0 Å². The number of carbonyl (C=O) groups excluding carboxylic acids is 2. The average Bonchev–Trinajstić information content (AvgIpc) is 2.93. The van der Waals surface area contributed by atoms with Gasteiger partial charge in [0.15, 0.2) is 0 Å². The van der Waals surface area contributed by atoms with Gasteiger partial charge in [-0.05, 0) is 59.4 Å². The second-order valence-electron chi connectivity index (χ2n) is 9.58. The van der Waals surface area contributed by atoms with E-state index in [-0.39, 0.29) is 17.7 Å². The van der Waals surface area contributed by atoms with Crippen LogP contribution < -0.4 is 0 Å². The number of amides is 2. The highest BCUT2D eigenvalue weighted by Gasteiger charge is 2.31. The van der Waals surface area contributed by atoms with Crippen LogP contribution in [0, 0.1) is 12.8 Å². The molecule has 5 nitrogen and oxygen atoms in total. The maximum absolute atomic E-state index is 13.7. The van der Waals surface area contributed by atoms with Crippen LogP contribution in [0.25, 0.3) is 10.8 Å². The van der Waals surface area contributed by atoms with Crippen LogP contribution in [0.4, 0.5) is 0 Å². The topological polar surface area (TPSA) is 53.5 Å². The lowest BCUT2D eigenvalue weighted by molar-refractivity contribution is -0.138. The fraction of sp³-hybridized carbons (Fsp3) is 0.258. The Bertz CT molecular complexity index is 1360. The molecule has 1 aromatic heterocycles. The average molecular weight is 478 g/mol. The first-order chi connectivity index (χ1) is 17.6. The number of hydrogen-bond acceptors (Lipinski definition) is 3. The molecule has 1 saturated heterocycles. The van der Waals surface area contributed by atoms with Crippen molar-refractivity contribution in [3.63, 3.8) is 0 Å². The van der Waals surface area contributed by atoms with Gasteiger partial charge in [-0.1, -0.05) is 66.7 Å². The van der Waals surface area contributed by atoms with Gasteiger partial charge in [0.1, 0.15) is 0 Å². The van der Waals surface area contributed by atoms with Crippen LogP contribution in [0.15, 0.2) is 91.3 Å². The molecule has 0 spiro atoms. The number of carbonyl (C=O) groups is 2. The molecule has 1 aliphatic heterocycles. The molecule has 0 atom stereocenters. The van der Waals surface area contributed by atoms with E-state index in [2.05, 4.69) is 24.0 Å². The fourth-order valence-corrected chi connectivity index (χ4v) is 5.09. The molecule has 0 N–H and O–H groups in total. The molecule has 3 aromatic carbocycles. The minimum absolute atomic E-state index is 0.0461. The number of rotatable bonds is 6. The summed E-state index contributed by atoms with van der Waals surface area (Å²) in [6, 6.07) is 26.0. The number of pyridine rings is 1. The predicted octanol–water partition coefficient (Wildman–Crippen LogP) is 5.62. The number of aryl methyl sites for hydroxylation is 1. The molecule has 1 fully saturated rings. The van der Waals surface area contributed by atoms with E-state index >= 15 is 0 Å². The summed E-state index contributed by atoms with van der Waals surface area (Å²) >= 11 is 0. The molecule has 2 heterocycles. The van der Waals surface area contributed by atoms with Crippen molar-refractivity contribution in [2.75, 3.05) is 13.1 Å². The van der Waals surface area contributed by atoms with Gasteiger partial charge < -0.3 is 9.80 Å². The molecule has 4 aromatic rings. The molecule has 1 aliphatic rings. The van der Waals surface area contributed by atoms with Crippen molar-refractivity contribution in [1.82, 2.24) is 14.8 Å². The summed E-state index contributed by atoms with van der Waals surface area (Å²) in [6.45, 7) is 4.35. The second kappa shape index (κ2) is 10.7. The van der Waals surface area contributed by atoms with Gasteiger partial charge in [0.25, 0.3) is 5.91 Å². The standard InChI is InChI=1S/C31H31N3O2/c1-23-8-2-3-11-27(23)22-34(21-24-9-7-17-32-20-24)30(35)26-15-18-33(19-16-26)31(36)29-14-6-12-25-10-4-5-13-28(25)29/h2-14,17,20,26H,15-16,18-19,21-22H2,1H3. The number of likely N-dealkylation sites (tertiary alicyclic amines) is 1. The zero-order valence-corrected chi connectivity index (χ0v) is 20.6. The first-order valence-electron chi connectivity index (χ1n) is 12.6. The maximum Gasteiger partial charge on any atom is 0.254 e. The lowest BCUT2D eigenvalue weighted by Gasteiger charge is -2.35. The molecule has 0 bridgehead atoms. The summed E-state index contributed by atoms with van der Waals surface area (Å²) in [5.41, 5.74) is 4.08. The molecular weight excluding hydrogens is 446 g/mol. The Balaban J connectivity index is 1.29. The first kappa shape index (κ1) is 23.7. The van der Waals surface area contributed by atoms with Gasteiger partial charge in [0.05, 0.1) is 0 Å². The highest BCUT2D eigenvalue weighted by Crippen LogP contribution is 2.26. The molecule has 0 aliphatic carbocycles. The molecule has 2 amide bonds. The van der Waals surface area contributed by atoms with E-state index in [4.69, 9.17) is 0 Å². The molecule has 5 heteroatoms. The molecule has 0 unspecified atom stereocenters. The van der Waals surface area contributed by atoms with Gasteiger partial charge in [0, 0.05) is 50.1 Å². The summed E-state index contributed by atoms with van der Waals surface area (Å²) < 4.78 is 0. The van der Waals surface area contributed by atoms with Crippen LogP contribution in [-0.4, -0.2) is 39.7 Å². The van der Waals surface area contributed by atoms with Crippen molar-refractivity contribution < 1.29 is 9.59 Å². The fourth-order valence-electron chi connectivity index (χ4n) is 5.09. The lowest BCUT2D eigenvalue weighted by Crippen LogP contribution is -2.44. The molecule has 0 saturated carbocycles. The van der Waals surface area contributed by atoms with Gasteiger partial charge in [-0.3, -0.25) is 14.6 Å². The zero-order valence-electron chi connectivity index (χ0n) is 20.6. The third-order valence-corrected chi connectivity index (χ3v) is 7.18. The number of nitrogens with zero attached hydrogens (tertiary/aromatic N) is 3. The van der Waals surface area contributed by atoms with E-state index in [0.717, 1.165) is 27.5 Å². The summed E-state index contributed by atoms with van der Waals surface area (Å²) in [5, 5.41) is 2.04. The zero-order chi connectivity index (χ0) is 24.9. The van der Waals surface area contributed by atoms with Gasteiger partial charge in [-0.2, -0.15) is 0 Å². The van der Waals surface area contributed by atoms with Gasteiger partial charge >= 0.3 is 0 Å². The van der Waals surface area contributed by atoms with Gasteiger partial charge in [0.2, 0.25) is 5.91 Å². The maximum atomic E-state index is 13.7. The van der Waals surface area contributed by atoms with Crippen LogP contribution in [0.5, 0.6) is 0 Å². The highest BCUT2D eigenvalue weighted by atomic mass is 16.2. The van der Waals surface area contributed by atoms with E-state index < -0.39 is 0 Å². The minimum Gasteiger partial charge on any atom is -0.339 e. The van der Waals surface area contributed by atoms with Crippen molar-refractivity contribution in [3.05, 3.63) is 114 Å². The summed E-state index contributed by atoms with van der Waals surface area (Å²) in [7, 11) is 0. The summed E-state index contributed by atoms with van der Waals surface area (Å²) in [4.78, 5) is 35.2. The SMILES string of the molecule is Cc1ccccc1CN(Cc1cccnc1)C(=O)C1CCN(C(=O)c2cccc3ccccc23)CC1. The Morgan fingerprint density at radius 3 is 2.42 bits per heavy atom. The van der Waals surface area contributed by atoms with Crippen molar-refractivity contribution in [1.29, 1.82) is 0 Å². The lowest BCUT2D eigenvalue weighted by atomic mass is 9.93. The van der Waals surface area contributed by atoms with Crippen LogP contribution in [0.1, 0.15) is 39.9 Å². The normalized spacial score (nSPS) is 14.1. The van der Waals surface area contributed by atoms with Crippen LogP contribution in [0.3, 0.4) is 0 Å². The van der Waals surface area contributed by atoms with E-state index in [0.29, 0.717) is 39.0 Å². The van der Waals surface area contributed by atoms with Crippen molar-refractivity contribution >= 4 is 22.6 Å². The van der Waals surface area contributed by atoms with E-state index in [1.54, 1.807) is 6.20 Å². The molecule has 5 rings (SSSR count). The quantitative estimate of drug-likeness (QED) is 0.362. The first-order valence-corrected chi connectivity index (χ1v) is 12.6. The number of piperidine rings is 1. The summed E-state index contributed by atoms with van der Waals surface area (Å²) in [6.07, 6.45) is 4.92. The number of benzene rings is 3.